The maximum atomic E-state index is 3.68. The summed E-state index contributed by atoms with van der Waals surface area (Å²) in [6, 6.07) is 13.2. The van der Waals surface area contributed by atoms with E-state index in [1.807, 2.05) is 0 Å². The Morgan fingerprint density at radius 2 is 1.70 bits per heavy atom. The van der Waals surface area contributed by atoms with E-state index in [4.69, 9.17) is 0 Å². The van der Waals surface area contributed by atoms with Crippen LogP contribution in [0.25, 0.3) is 0 Å². The van der Waals surface area contributed by atoms with Crippen LogP contribution in [-0.4, -0.2) is 6.54 Å². The monoisotopic (exact) mass is 395 g/mol. The Kier molecular flexibility index (Phi) is 5.42. The summed E-state index contributed by atoms with van der Waals surface area (Å²) in [5, 5.41) is 3.59. The van der Waals surface area contributed by atoms with Crippen LogP contribution in [0.1, 0.15) is 35.2 Å². The summed E-state index contributed by atoms with van der Waals surface area (Å²) >= 11 is 7.20. The van der Waals surface area contributed by atoms with Crippen LogP contribution in [0.4, 0.5) is 0 Å². The summed E-state index contributed by atoms with van der Waals surface area (Å²) in [5.41, 5.74) is 5.23. The molecule has 0 amide bonds. The molecule has 1 N–H and O–H groups in total. The highest BCUT2D eigenvalue weighted by Crippen LogP contribution is 2.32. The van der Waals surface area contributed by atoms with Gasteiger partial charge < -0.3 is 5.32 Å². The van der Waals surface area contributed by atoms with Crippen molar-refractivity contribution in [2.24, 2.45) is 0 Å². The van der Waals surface area contributed by atoms with E-state index in [2.05, 4.69) is 94.3 Å². The van der Waals surface area contributed by atoms with Gasteiger partial charge in [-0.3, -0.25) is 0 Å². The minimum absolute atomic E-state index is 0.211. The molecule has 0 aliphatic carbocycles. The first-order valence-corrected chi connectivity index (χ1v) is 8.37. The standard InChI is InChI=1S/C17H19Br2N/c1-4-20-17(14-7-5-11(2)9-12(14)3)15-8-6-13(18)10-16(15)19/h5-10,17,20H,4H2,1-3H3. The van der Waals surface area contributed by atoms with Crippen molar-refractivity contribution in [2.45, 2.75) is 26.8 Å². The zero-order valence-corrected chi connectivity index (χ0v) is 15.2. The third-order valence-electron chi connectivity index (χ3n) is 3.42. The molecular weight excluding hydrogens is 378 g/mol. The van der Waals surface area contributed by atoms with Crippen molar-refractivity contribution in [2.75, 3.05) is 6.54 Å². The number of halogens is 2. The molecular formula is C17H19Br2N. The van der Waals surface area contributed by atoms with Crippen LogP contribution in [0.3, 0.4) is 0 Å². The molecule has 1 unspecified atom stereocenters. The van der Waals surface area contributed by atoms with Gasteiger partial charge in [-0.1, -0.05) is 68.6 Å². The molecule has 0 radical (unpaired) electrons. The number of benzene rings is 2. The predicted octanol–water partition coefficient (Wildman–Crippen LogP) is 5.53. The van der Waals surface area contributed by atoms with Gasteiger partial charge in [0.1, 0.15) is 0 Å². The van der Waals surface area contributed by atoms with Gasteiger partial charge in [0.05, 0.1) is 6.04 Å². The topological polar surface area (TPSA) is 12.0 Å². The first-order valence-electron chi connectivity index (χ1n) is 6.78. The van der Waals surface area contributed by atoms with E-state index < -0.39 is 0 Å². The fraction of sp³-hybridized carbons (Fsp3) is 0.294. The van der Waals surface area contributed by atoms with Crippen LogP contribution in [-0.2, 0) is 0 Å². The van der Waals surface area contributed by atoms with Crippen molar-refractivity contribution in [1.29, 1.82) is 0 Å². The van der Waals surface area contributed by atoms with Crippen LogP contribution >= 0.6 is 31.9 Å². The highest BCUT2D eigenvalue weighted by Gasteiger charge is 2.17. The molecule has 106 valence electrons. The molecule has 0 spiro atoms. The second-order valence-corrected chi connectivity index (χ2v) is 6.79. The lowest BCUT2D eigenvalue weighted by Crippen LogP contribution is -2.23. The molecule has 0 saturated carbocycles. The summed E-state index contributed by atoms with van der Waals surface area (Å²) in [6.45, 7) is 7.39. The second kappa shape index (κ2) is 6.88. The molecule has 2 aromatic rings. The summed E-state index contributed by atoms with van der Waals surface area (Å²) in [4.78, 5) is 0. The van der Waals surface area contributed by atoms with Gasteiger partial charge in [0, 0.05) is 8.95 Å². The molecule has 20 heavy (non-hydrogen) atoms. The lowest BCUT2D eigenvalue weighted by atomic mass is 9.94. The van der Waals surface area contributed by atoms with Crippen LogP contribution in [0, 0.1) is 13.8 Å². The maximum Gasteiger partial charge on any atom is 0.0590 e. The minimum atomic E-state index is 0.211. The normalized spacial score (nSPS) is 12.4. The van der Waals surface area contributed by atoms with Crippen molar-refractivity contribution in [3.8, 4) is 0 Å². The first kappa shape index (κ1) is 15.7. The molecule has 1 atom stereocenters. The Morgan fingerprint density at radius 3 is 2.30 bits per heavy atom. The molecule has 0 fully saturated rings. The molecule has 3 heteroatoms. The zero-order chi connectivity index (χ0) is 14.7. The van der Waals surface area contributed by atoms with Crippen molar-refractivity contribution in [1.82, 2.24) is 5.32 Å². The number of nitrogens with one attached hydrogen (secondary N) is 1. The van der Waals surface area contributed by atoms with Gasteiger partial charge in [0.15, 0.2) is 0 Å². The van der Waals surface area contributed by atoms with Crippen LogP contribution in [0.5, 0.6) is 0 Å². The van der Waals surface area contributed by atoms with Crippen LogP contribution in [0.15, 0.2) is 45.3 Å². The van der Waals surface area contributed by atoms with E-state index in [1.165, 1.54) is 22.3 Å². The van der Waals surface area contributed by atoms with E-state index >= 15 is 0 Å². The van der Waals surface area contributed by atoms with E-state index in [-0.39, 0.29) is 6.04 Å². The van der Waals surface area contributed by atoms with Gasteiger partial charge in [-0.05, 0) is 49.2 Å². The Labute approximate surface area is 138 Å². The van der Waals surface area contributed by atoms with Crippen LogP contribution in [0.2, 0.25) is 0 Å². The largest absolute Gasteiger partial charge is 0.306 e. The van der Waals surface area contributed by atoms with Gasteiger partial charge >= 0.3 is 0 Å². The Balaban J connectivity index is 2.50. The molecule has 2 rings (SSSR count). The minimum Gasteiger partial charge on any atom is -0.306 e. The number of rotatable bonds is 4. The molecule has 2 aromatic carbocycles. The molecule has 0 aromatic heterocycles. The van der Waals surface area contributed by atoms with E-state index in [1.54, 1.807) is 0 Å². The van der Waals surface area contributed by atoms with E-state index in [0.29, 0.717) is 0 Å². The van der Waals surface area contributed by atoms with Gasteiger partial charge in [0.2, 0.25) is 0 Å². The lowest BCUT2D eigenvalue weighted by Gasteiger charge is -2.22. The zero-order valence-electron chi connectivity index (χ0n) is 12.0. The van der Waals surface area contributed by atoms with Gasteiger partial charge in [-0.25, -0.2) is 0 Å². The molecule has 0 bridgehead atoms. The second-order valence-electron chi connectivity index (χ2n) is 5.02. The summed E-state index contributed by atoms with van der Waals surface area (Å²) in [6.07, 6.45) is 0. The number of hydrogen-bond donors (Lipinski definition) is 1. The fourth-order valence-electron chi connectivity index (χ4n) is 2.48. The third kappa shape index (κ3) is 3.51. The molecule has 0 saturated heterocycles. The Hall–Kier alpha value is -0.640. The quantitative estimate of drug-likeness (QED) is 0.716. The highest BCUT2D eigenvalue weighted by atomic mass is 79.9. The van der Waals surface area contributed by atoms with Crippen molar-refractivity contribution in [3.63, 3.8) is 0 Å². The number of aryl methyl sites for hydroxylation is 2. The van der Waals surface area contributed by atoms with Crippen LogP contribution < -0.4 is 5.32 Å². The first-order chi connectivity index (χ1) is 9.52. The van der Waals surface area contributed by atoms with Crippen molar-refractivity contribution >= 4 is 31.9 Å². The SMILES string of the molecule is CCNC(c1ccc(C)cc1C)c1ccc(Br)cc1Br. The van der Waals surface area contributed by atoms with Gasteiger partial charge in [0.25, 0.3) is 0 Å². The Morgan fingerprint density at radius 1 is 1.00 bits per heavy atom. The van der Waals surface area contributed by atoms with Gasteiger partial charge in [-0.15, -0.1) is 0 Å². The van der Waals surface area contributed by atoms with Crippen molar-refractivity contribution < 1.29 is 0 Å². The smallest absolute Gasteiger partial charge is 0.0590 e. The average molecular weight is 397 g/mol. The summed E-state index contributed by atoms with van der Waals surface area (Å²) < 4.78 is 2.21. The predicted molar refractivity (Wildman–Crippen MR) is 93.3 cm³/mol. The average Bonchev–Trinajstić information content (AvgIpc) is 2.37. The lowest BCUT2D eigenvalue weighted by molar-refractivity contribution is 0.625. The van der Waals surface area contributed by atoms with Gasteiger partial charge in [-0.2, -0.15) is 0 Å². The fourth-order valence-corrected chi connectivity index (χ4v) is 3.75. The number of hydrogen-bond acceptors (Lipinski definition) is 1. The molecule has 0 heterocycles. The summed E-state index contributed by atoms with van der Waals surface area (Å²) in [5.74, 6) is 0. The summed E-state index contributed by atoms with van der Waals surface area (Å²) in [7, 11) is 0. The van der Waals surface area contributed by atoms with Crippen molar-refractivity contribution in [3.05, 3.63) is 67.6 Å². The van der Waals surface area contributed by atoms with E-state index in [9.17, 15) is 0 Å². The maximum absolute atomic E-state index is 3.68. The molecule has 0 aliphatic heterocycles. The Bertz CT molecular complexity index is 556. The third-order valence-corrected chi connectivity index (χ3v) is 4.60. The molecule has 0 aliphatic rings. The molecule has 1 nitrogen and oxygen atoms in total. The van der Waals surface area contributed by atoms with E-state index in [0.717, 1.165) is 15.5 Å². The highest BCUT2D eigenvalue weighted by molar-refractivity contribution is 9.11.